The van der Waals surface area contributed by atoms with Gasteiger partial charge in [0, 0.05) is 18.1 Å². The van der Waals surface area contributed by atoms with Crippen molar-refractivity contribution in [1.82, 2.24) is 10.2 Å². The van der Waals surface area contributed by atoms with E-state index in [1.54, 1.807) is 38.1 Å². The second kappa shape index (κ2) is 13.1. The van der Waals surface area contributed by atoms with Crippen molar-refractivity contribution in [2.75, 3.05) is 17.4 Å². The lowest BCUT2D eigenvalue weighted by Gasteiger charge is -2.32. The van der Waals surface area contributed by atoms with Crippen molar-refractivity contribution in [2.24, 2.45) is 0 Å². The van der Waals surface area contributed by atoms with Crippen LogP contribution in [0.5, 0.6) is 0 Å². The predicted molar refractivity (Wildman–Crippen MR) is 152 cm³/mol. The maximum absolute atomic E-state index is 13.9. The van der Waals surface area contributed by atoms with Crippen molar-refractivity contribution >= 4 is 39.1 Å². The number of rotatable bonds is 11. The van der Waals surface area contributed by atoms with Crippen molar-refractivity contribution < 1.29 is 22.4 Å². The molecule has 0 bridgehead atoms. The average molecular weight is 574 g/mol. The van der Waals surface area contributed by atoms with Crippen molar-refractivity contribution in [1.29, 1.82) is 0 Å². The molecule has 0 unspecified atom stereocenters. The Morgan fingerprint density at radius 2 is 1.64 bits per heavy atom. The summed E-state index contributed by atoms with van der Waals surface area (Å²) in [5.41, 5.74) is 2.32. The molecule has 0 saturated heterocycles. The second-order valence-electron chi connectivity index (χ2n) is 9.37. The van der Waals surface area contributed by atoms with Crippen molar-refractivity contribution in [3.8, 4) is 0 Å². The Hall–Kier alpha value is -3.43. The standard InChI is InChI=1S/C29H33ClFN3O4S/c1-5-16-32-29(36)22(4)33(18-23-9-12-25(31)13-10-23)28(35)19-34(27-17-24(30)11-8-21(27)3)39(37,38)26-14-6-20(2)7-15-26/h6-15,17,22H,5,16,18-19H2,1-4H3,(H,32,36)/t22-/m0/s1. The Morgan fingerprint density at radius 1 is 1.00 bits per heavy atom. The van der Waals surface area contributed by atoms with Gasteiger partial charge in [-0.05, 0) is 74.7 Å². The van der Waals surface area contributed by atoms with E-state index in [1.165, 1.54) is 47.4 Å². The third-order valence-corrected chi connectivity index (χ3v) is 8.32. The lowest BCUT2D eigenvalue weighted by Crippen LogP contribution is -2.51. The maximum atomic E-state index is 13.9. The number of carbonyl (C=O) groups excluding carboxylic acids is 2. The van der Waals surface area contributed by atoms with Gasteiger partial charge in [0.05, 0.1) is 10.6 Å². The first-order valence-corrected chi connectivity index (χ1v) is 14.4. The summed E-state index contributed by atoms with van der Waals surface area (Å²) in [7, 11) is -4.20. The van der Waals surface area contributed by atoms with Crippen LogP contribution in [-0.4, -0.2) is 44.3 Å². The van der Waals surface area contributed by atoms with Gasteiger partial charge in [0.1, 0.15) is 18.4 Å². The fourth-order valence-electron chi connectivity index (χ4n) is 3.97. The summed E-state index contributed by atoms with van der Waals surface area (Å²) >= 11 is 6.24. The molecule has 39 heavy (non-hydrogen) atoms. The van der Waals surface area contributed by atoms with Crippen LogP contribution in [0.3, 0.4) is 0 Å². The molecule has 0 spiro atoms. The molecule has 0 radical (unpaired) electrons. The van der Waals surface area contributed by atoms with Crippen LogP contribution < -0.4 is 9.62 Å². The van der Waals surface area contributed by atoms with Gasteiger partial charge < -0.3 is 10.2 Å². The fourth-order valence-corrected chi connectivity index (χ4v) is 5.60. The van der Waals surface area contributed by atoms with E-state index in [4.69, 9.17) is 11.6 Å². The topological polar surface area (TPSA) is 86.8 Å². The van der Waals surface area contributed by atoms with E-state index >= 15 is 0 Å². The maximum Gasteiger partial charge on any atom is 0.264 e. The molecule has 7 nitrogen and oxygen atoms in total. The van der Waals surface area contributed by atoms with Gasteiger partial charge in [0.15, 0.2) is 0 Å². The van der Waals surface area contributed by atoms with E-state index in [0.29, 0.717) is 29.1 Å². The lowest BCUT2D eigenvalue weighted by atomic mass is 10.1. The van der Waals surface area contributed by atoms with Crippen LogP contribution in [0.4, 0.5) is 10.1 Å². The molecule has 0 aromatic heterocycles. The quantitative estimate of drug-likeness (QED) is 0.340. The highest BCUT2D eigenvalue weighted by Crippen LogP contribution is 2.30. The van der Waals surface area contributed by atoms with Crippen LogP contribution in [0.1, 0.15) is 37.0 Å². The number of nitrogens with one attached hydrogen (secondary N) is 1. The number of anilines is 1. The molecular formula is C29H33ClFN3O4S. The Balaban J connectivity index is 2.05. The summed E-state index contributed by atoms with van der Waals surface area (Å²) in [6.45, 7) is 6.89. The normalized spacial score (nSPS) is 12.1. The minimum Gasteiger partial charge on any atom is -0.354 e. The third kappa shape index (κ3) is 7.58. The van der Waals surface area contributed by atoms with Crippen molar-refractivity contribution in [3.63, 3.8) is 0 Å². The number of hydrogen-bond acceptors (Lipinski definition) is 4. The van der Waals surface area contributed by atoms with Gasteiger partial charge in [-0.3, -0.25) is 13.9 Å². The number of hydrogen-bond donors (Lipinski definition) is 1. The van der Waals surface area contributed by atoms with E-state index < -0.39 is 34.3 Å². The highest BCUT2D eigenvalue weighted by Gasteiger charge is 2.33. The van der Waals surface area contributed by atoms with Gasteiger partial charge in [0.25, 0.3) is 10.0 Å². The number of benzene rings is 3. The van der Waals surface area contributed by atoms with Crippen molar-refractivity contribution in [2.45, 2.75) is 51.6 Å². The number of amides is 2. The molecule has 0 heterocycles. The Kier molecular flexibility index (Phi) is 10.1. The van der Waals surface area contributed by atoms with E-state index in [1.807, 2.05) is 13.8 Å². The van der Waals surface area contributed by atoms with E-state index in [9.17, 15) is 22.4 Å². The third-order valence-electron chi connectivity index (χ3n) is 6.31. The first-order chi connectivity index (χ1) is 18.4. The van der Waals surface area contributed by atoms with Gasteiger partial charge in [-0.1, -0.05) is 54.4 Å². The summed E-state index contributed by atoms with van der Waals surface area (Å²) in [4.78, 5) is 28.1. The summed E-state index contributed by atoms with van der Waals surface area (Å²) < 4.78 is 42.3. The highest BCUT2D eigenvalue weighted by atomic mass is 35.5. The zero-order valence-corrected chi connectivity index (χ0v) is 24.0. The van der Waals surface area contributed by atoms with Gasteiger partial charge >= 0.3 is 0 Å². The molecular weight excluding hydrogens is 541 g/mol. The van der Waals surface area contributed by atoms with Crippen LogP contribution in [0, 0.1) is 19.7 Å². The number of sulfonamides is 1. The van der Waals surface area contributed by atoms with Gasteiger partial charge in [-0.25, -0.2) is 12.8 Å². The number of halogens is 2. The monoisotopic (exact) mass is 573 g/mol. The molecule has 1 N–H and O–H groups in total. The smallest absolute Gasteiger partial charge is 0.264 e. The van der Waals surface area contributed by atoms with Crippen LogP contribution >= 0.6 is 11.6 Å². The molecule has 0 fully saturated rings. The van der Waals surface area contributed by atoms with E-state index in [2.05, 4.69) is 5.32 Å². The van der Waals surface area contributed by atoms with E-state index in [-0.39, 0.29) is 23.0 Å². The second-order valence-corrected chi connectivity index (χ2v) is 11.7. The molecule has 0 aliphatic heterocycles. The van der Waals surface area contributed by atoms with Crippen LogP contribution in [0.2, 0.25) is 5.02 Å². The summed E-state index contributed by atoms with van der Waals surface area (Å²) in [5.74, 6) is -1.41. The molecule has 3 rings (SSSR count). The molecule has 2 amide bonds. The van der Waals surface area contributed by atoms with Gasteiger partial charge in [-0.2, -0.15) is 0 Å². The first-order valence-electron chi connectivity index (χ1n) is 12.6. The Bertz CT molecular complexity index is 1410. The molecule has 1 atom stereocenters. The summed E-state index contributed by atoms with van der Waals surface area (Å²) in [6, 6.07) is 15.8. The van der Waals surface area contributed by atoms with Crippen LogP contribution in [-0.2, 0) is 26.2 Å². The van der Waals surface area contributed by atoms with Gasteiger partial charge in [0.2, 0.25) is 11.8 Å². The minimum absolute atomic E-state index is 0.0131. The molecule has 0 aliphatic carbocycles. The SMILES string of the molecule is CCCNC(=O)[C@H](C)N(Cc1ccc(F)cc1)C(=O)CN(c1cc(Cl)ccc1C)S(=O)(=O)c1ccc(C)cc1. The largest absolute Gasteiger partial charge is 0.354 e. The highest BCUT2D eigenvalue weighted by molar-refractivity contribution is 7.92. The molecule has 0 saturated carbocycles. The number of nitrogens with zero attached hydrogens (tertiary/aromatic N) is 2. The van der Waals surface area contributed by atoms with Gasteiger partial charge in [-0.15, -0.1) is 0 Å². The lowest BCUT2D eigenvalue weighted by molar-refractivity contribution is -0.139. The van der Waals surface area contributed by atoms with Crippen LogP contribution in [0.15, 0.2) is 71.6 Å². The van der Waals surface area contributed by atoms with Crippen molar-refractivity contribution in [3.05, 3.63) is 94.3 Å². The predicted octanol–water partition coefficient (Wildman–Crippen LogP) is 5.23. The molecule has 208 valence electrons. The molecule has 10 heteroatoms. The molecule has 0 aliphatic rings. The molecule has 3 aromatic carbocycles. The average Bonchev–Trinajstić information content (AvgIpc) is 2.91. The summed E-state index contributed by atoms with van der Waals surface area (Å²) in [6.07, 6.45) is 0.709. The fraction of sp³-hybridized carbons (Fsp3) is 0.310. The minimum atomic E-state index is -4.20. The zero-order valence-electron chi connectivity index (χ0n) is 22.4. The zero-order chi connectivity index (χ0) is 28.7. The van der Waals surface area contributed by atoms with E-state index in [0.717, 1.165) is 9.87 Å². The number of carbonyl (C=O) groups is 2. The Labute approximate surface area is 234 Å². The first kappa shape index (κ1) is 30.1. The van der Waals surface area contributed by atoms with Crippen LogP contribution in [0.25, 0.3) is 0 Å². The number of aryl methyl sites for hydroxylation is 2. The molecule has 3 aromatic rings. The summed E-state index contributed by atoms with van der Waals surface area (Å²) in [5, 5.41) is 3.09. The Morgan fingerprint density at radius 3 is 2.26 bits per heavy atom.